The molecule has 0 saturated heterocycles. The number of amides is 2. The van der Waals surface area contributed by atoms with Crippen molar-refractivity contribution in [1.29, 1.82) is 0 Å². The van der Waals surface area contributed by atoms with Crippen molar-refractivity contribution in [2.24, 2.45) is 0 Å². The van der Waals surface area contributed by atoms with Crippen LogP contribution in [0.1, 0.15) is 50.7 Å². The third-order valence-electron chi connectivity index (χ3n) is 6.45. The van der Waals surface area contributed by atoms with Crippen LogP contribution in [0.3, 0.4) is 0 Å². The second kappa shape index (κ2) is 11.8. The van der Waals surface area contributed by atoms with Gasteiger partial charge >= 0.3 is 5.97 Å². The molecule has 1 aromatic carbocycles. The Morgan fingerprint density at radius 2 is 2.00 bits per heavy atom. The first kappa shape index (κ1) is 26.5. The van der Waals surface area contributed by atoms with Crippen LogP contribution in [-0.4, -0.2) is 40.8 Å². The summed E-state index contributed by atoms with van der Waals surface area (Å²) in [7, 11) is 0. The summed E-state index contributed by atoms with van der Waals surface area (Å²) in [6.07, 6.45) is 4.84. The van der Waals surface area contributed by atoms with E-state index in [0.717, 1.165) is 45.5 Å². The summed E-state index contributed by atoms with van der Waals surface area (Å²) in [6, 6.07) is 11.7. The molecule has 3 aromatic heterocycles. The van der Waals surface area contributed by atoms with Crippen molar-refractivity contribution in [2.45, 2.75) is 49.8 Å². The Balaban J connectivity index is 1.28. The maximum atomic E-state index is 13.2. The molecular weight excluding hydrogens is 539 g/mol. The largest absolute Gasteiger partial charge is 0.462 e. The van der Waals surface area contributed by atoms with E-state index >= 15 is 0 Å². The van der Waals surface area contributed by atoms with E-state index in [4.69, 9.17) is 4.74 Å². The standard InChI is InChI=1S/C28H29N3O4S3/c1-3-35-28(34)24-19-9-6-11-21(19)38-27(24)30-25(32)17(2)37-23-16-31(20-10-5-4-8-18(20)23)14-13-29-26(33)22-12-7-15-36-22/h4-5,7-8,10,12,15-17H,3,6,9,11,13-14H2,1-2H3,(H,29,33)(H,30,32)/t17-/m1/s1. The van der Waals surface area contributed by atoms with Gasteiger partial charge in [-0.25, -0.2) is 4.79 Å². The molecule has 198 valence electrons. The monoisotopic (exact) mass is 567 g/mol. The Kier molecular flexibility index (Phi) is 8.21. The van der Waals surface area contributed by atoms with Crippen LogP contribution in [0.4, 0.5) is 5.00 Å². The molecular formula is C28H29N3O4S3. The van der Waals surface area contributed by atoms with Gasteiger partial charge < -0.3 is 19.9 Å². The van der Waals surface area contributed by atoms with Crippen LogP contribution in [0.2, 0.25) is 0 Å². The number of esters is 1. The minimum absolute atomic E-state index is 0.0712. The van der Waals surface area contributed by atoms with Crippen LogP contribution >= 0.6 is 34.4 Å². The third kappa shape index (κ3) is 5.52. The van der Waals surface area contributed by atoms with Crippen molar-refractivity contribution >= 4 is 68.1 Å². The van der Waals surface area contributed by atoms with E-state index in [-0.39, 0.29) is 23.0 Å². The molecule has 7 nitrogen and oxygen atoms in total. The number of anilines is 1. The van der Waals surface area contributed by atoms with E-state index in [9.17, 15) is 14.4 Å². The van der Waals surface area contributed by atoms with Crippen molar-refractivity contribution in [2.75, 3.05) is 18.5 Å². The highest BCUT2D eigenvalue weighted by Crippen LogP contribution is 2.40. The van der Waals surface area contributed by atoms with E-state index in [1.807, 2.05) is 54.9 Å². The molecule has 0 unspecified atom stereocenters. The van der Waals surface area contributed by atoms with Crippen LogP contribution in [0, 0.1) is 0 Å². The highest BCUT2D eigenvalue weighted by atomic mass is 32.2. The van der Waals surface area contributed by atoms with Crippen LogP contribution < -0.4 is 10.6 Å². The molecule has 0 fully saturated rings. The lowest BCUT2D eigenvalue weighted by Gasteiger charge is -2.12. The fourth-order valence-electron chi connectivity index (χ4n) is 4.65. The van der Waals surface area contributed by atoms with Gasteiger partial charge in [0.2, 0.25) is 5.91 Å². The zero-order chi connectivity index (χ0) is 26.6. The summed E-state index contributed by atoms with van der Waals surface area (Å²) >= 11 is 4.40. The van der Waals surface area contributed by atoms with Gasteiger partial charge in [-0.15, -0.1) is 34.4 Å². The number of fused-ring (bicyclic) bond motifs is 2. The summed E-state index contributed by atoms with van der Waals surface area (Å²) in [6.45, 7) is 5.07. The summed E-state index contributed by atoms with van der Waals surface area (Å²) in [4.78, 5) is 41.1. The lowest BCUT2D eigenvalue weighted by molar-refractivity contribution is -0.115. The molecule has 0 saturated carbocycles. The molecule has 3 heterocycles. The van der Waals surface area contributed by atoms with Crippen LogP contribution in [0.15, 0.2) is 52.9 Å². The highest BCUT2D eigenvalue weighted by molar-refractivity contribution is 8.00. The smallest absolute Gasteiger partial charge is 0.341 e. The van der Waals surface area contributed by atoms with E-state index in [1.165, 1.54) is 34.4 Å². The van der Waals surface area contributed by atoms with Crippen molar-refractivity contribution in [1.82, 2.24) is 9.88 Å². The molecule has 10 heteroatoms. The molecule has 4 aromatic rings. The lowest BCUT2D eigenvalue weighted by Crippen LogP contribution is -2.26. The number of benzene rings is 1. The predicted octanol–water partition coefficient (Wildman–Crippen LogP) is 5.98. The first-order valence-corrected chi connectivity index (χ1v) is 15.2. The van der Waals surface area contributed by atoms with Gasteiger partial charge in [-0.2, -0.15) is 0 Å². The number of carbonyl (C=O) groups excluding carboxylic acids is 3. The molecule has 2 N–H and O–H groups in total. The van der Waals surface area contributed by atoms with Crippen LogP contribution in [0.5, 0.6) is 0 Å². The minimum Gasteiger partial charge on any atom is -0.462 e. The number of nitrogens with one attached hydrogen (secondary N) is 2. The second-order valence-corrected chi connectivity index (χ2v) is 12.4. The van der Waals surface area contributed by atoms with E-state index < -0.39 is 0 Å². The number of ether oxygens (including phenoxy) is 1. The molecule has 0 radical (unpaired) electrons. The Morgan fingerprint density at radius 1 is 1.16 bits per heavy atom. The quantitative estimate of drug-likeness (QED) is 0.182. The first-order chi connectivity index (χ1) is 18.5. The summed E-state index contributed by atoms with van der Waals surface area (Å²) < 4.78 is 7.40. The van der Waals surface area contributed by atoms with Gasteiger partial charge in [0, 0.05) is 40.0 Å². The fourth-order valence-corrected chi connectivity index (χ4v) is 7.60. The van der Waals surface area contributed by atoms with Crippen molar-refractivity contribution in [3.63, 3.8) is 0 Å². The number of hydrogen-bond acceptors (Lipinski definition) is 7. The Morgan fingerprint density at radius 3 is 2.79 bits per heavy atom. The zero-order valence-corrected chi connectivity index (χ0v) is 23.7. The number of carbonyl (C=O) groups is 3. The molecule has 0 spiro atoms. The molecule has 0 bridgehead atoms. The number of nitrogens with zero attached hydrogens (tertiary/aromatic N) is 1. The maximum absolute atomic E-state index is 13.2. The summed E-state index contributed by atoms with van der Waals surface area (Å²) in [5.41, 5.74) is 2.60. The fraction of sp³-hybridized carbons (Fsp3) is 0.321. The van der Waals surface area contributed by atoms with Gasteiger partial charge in [-0.3, -0.25) is 9.59 Å². The molecule has 1 aliphatic rings. The van der Waals surface area contributed by atoms with E-state index in [0.29, 0.717) is 35.1 Å². The zero-order valence-electron chi connectivity index (χ0n) is 21.2. The number of thioether (sulfide) groups is 1. The van der Waals surface area contributed by atoms with E-state index in [1.54, 1.807) is 6.92 Å². The number of hydrogen-bond donors (Lipinski definition) is 2. The normalized spacial score (nSPS) is 13.3. The number of thiophene rings is 2. The number of rotatable bonds is 10. The van der Waals surface area contributed by atoms with Gasteiger partial charge in [0.05, 0.1) is 22.3 Å². The molecule has 1 atom stereocenters. The maximum Gasteiger partial charge on any atom is 0.341 e. The van der Waals surface area contributed by atoms with Crippen LogP contribution in [0.25, 0.3) is 10.9 Å². The topological polar surface area (TPSA) is 89.4 Å². The van der Waals surface area contributed by atoms with E-state index in [2.05, 4.69) is 15.2 Å². The third-order valence-corrected chi connectivity index (χ3v) is 9.67. The average Bonchev–Trinajstić information content (AvgIpc) is 3.69. The Labute approximate surface area is 233 Å². The minimum atomic E-state index is -0.389. The van der Waals surface area contributed by atoms with Gasteiger partial charge in [0.25, 0.3) is 5.91 Å². The average molecular weight is 568 g/mol. The van der Waals surface area contributed by atoms with Gasteiger partial charge in [0.15, 0.2) is 0 Å². The van der Waals surface area contributed by atoms with Gasteiger partial charge in [-0.1, -0.05) is 24.3 Å². The second-order valence-electron chi connectivity index (χ2n) is 8.97. The molecule has 2 amide bonds. The number of para-hydroxylation sites is 1. The predicted molar refractivity (Wildman–Crippen MR) is 155 cm³/mol. The lowest BCUT2D eigenvalue weighted by atomic mass is 10.1. The van der Waals surface area contributed by atoms with Crippen molar-refractivity contribution in [3.05, 3.63) is 68.9 Å². The first-order valence-electron chi connectivity index (χ1n) is 12.6. The molecule has 38 heavy (non-hydrogen) atoms. The molecule has 5 rings (SSSR count). The summed E-state index contributed by atoms with van der Waals surface area (Å²) in [5.74, 6) is -0.588. The van der Waals surface area contributed by atoms with Crippen molar-refractivity contribution < 1.29 is 19.1 Å². The number of aryl methyl sites for hydroxylation is 1. The Hall–Kier alpha value is -3.08. The van der Waals surface area contributed by atoms with Gasteiger partial charge in [-0.05, 0) is 56.2 Å². The Bertz CT molecular complexity index is 1470. The highest BCUT2D eigenvalue weighted by Gasteiger charge is 2.29. The van der Waals surface area contributed by atoms with Gasteiger partial charge in [0.1, 0.15) is 5.00 Å². The molecule has 1 aliphatic carbocycles. The van der Waals surface area contributed by atoms with Crippen LogP contribution in [-0.2, 0) is 28.9 Å². The summed E-state index contributed by atoms with van der Waals surface area (Å²) in [5, 5.41) is 9.14. The SMILES string of the molecule is CCOC(=O)c1c(NC(=O)[C@@H](C)Sc2cn(CCNC(=O)c3cccs3)c3ccccc23)sc2c1CCC2. The van der Waals surface area contributed by atoms with Crippen molar-refractivity contribution in [3.8, 4) is 0 Å². The molecule has 0 aliphatic heterocycles. The number of aromatic nitrogens is 1.